The SMILES string of the molecule is COC1(C)CCN(Cc2cccc(N)c2)C1. The van der Waals surface area contributed by atoms with E-state index in [-0.39, 0.29) is 5.60 Å². The first-order chi connectivity index (χ1) is 7.61. The van der Waals surface area contributed by atoms with Crippen molar-refractivity contribution in [3.05, 3.63) is 29.8 Å². The predicted octanol–water partition coefficient (Wildman–Crippen LogP) is 1.88. The summed E-state index contributed by atoms with van der Waals surface area (Å²) < 4.78 is 5.52. The molecule has 0 spiro atoms. The summed E-state index contributed by atoms with van der Waals surface area (Å²) in [5, 5.41) is 0. The van der Waals surface area contributed by atoms with Gasteiger partial charge in [-0.1, -0.05) is 12.1 Å². The molecule has 3 heteroatoms. The Balaban J connectivity index is 1.97. The molecule has 0 saturated carbocycles. The fourth-order valence-electron chi connectivity index (χ4n) is 2.28. The molecule has 1 heterocycles. The number of nitrogens with two attached hydrogens (primary N) is 1. The lowest BCUT2D eigenvalue weighted by Gasteiger charge is -2.23. The van der Waals surface area contributed by atoms with Gasteiger partial charge in [0.2, 0.25) is 0 Å². The Labute approximate surface area is 97.2 Å². The third-order valence-corrected chi connectivity index (χ3v) is 3.36. The normalized spacial score (nSPS) is 26.1. The van der Waals surface area contributed by atoms with Crippen LogP contribution >= 0.6 is 0 Å². The summed E-state index contributed by atoms with van der Waals surface area (Å²) in [6.07, 6.45) is 1.10. The van der Waals surface area contributed by atoms with E-state index in [1.807, 2.05) is 18.2 Å². The summed E-state index contributed by atoms with van der Waals surface area (Å²) in [7, 11) is 1.80. The van der Waals surface area contributed by atoms with Gasteiger partial charge in [0.1, 0.15) is 0 Å². The minimum atomic E-state index is 0.0281. The summed E-state index contributed by atoms with van der Waals surface area (Å²) in [5.41, 5.74) is 7.91. The first kappa shape index (κ1) is 11.4. The quantitative estimate of drug-likeness (QED) is 0.790. The topological polar surface area (TPSA) is 38.5 Å². The van der Waals surface area contributed by atoms with Crippen molar-refractivity contribution in [1.82, 2.24) is 4.90 Å². The van der Waals surface area contributed by atoms with E-state index < -0.39 is 0 Å². The average molecular weight is 220 g/mol. The Bertz CT molecular complexity index is 367. The zero-order valence-electron chi connectivity index (χ0n) is 10.1. The molecule has 2 N–H and O–H groups in total. The maximum atomic E-state index is 5.77. The van der Waals surface area contributed by atoms with Crippen LogP contribution in [0.2, 0.25) is 0 Å². The van der Waals surface area contributed by atoms with Crippen molar-refractivity contribution in [2.45, 2.75) is 25.5 Å². The molecular formula is C13H20N2O. The van der Waals surface area contributed by atoms with Crippen LogP contribution in [-0.2, 0) is 11.3 Å². The molecule has 1 aromatic carbocycles. The molecule has 1 atom stereocenters. The number of nitrogens with zero attached hydrogens (tertiary/aromatic N) is 1. The van der Waals surface area contributed by atoms with Crippen molar-refractivity contribution in [2.24, 2.45) is 0 Å². The van der Waals surface area contributed by atoms with Crippen LogP contribution < -0.4 is 5.73 Å². The molecule has 2 rings (SSSR count). The lowest BCUT2D eigenvalue weighted by atomic mass is 10.1. The summed E-state index contributed by atoms with van der Waals surface area (Å²) in [6, 6.07) is 8.10. The van der Waals surface area contributed by atoms with Crippen LogP contribution in [0.3, 0.4) is 0 Å². The monoisotopic (exact) mass is 220 g/mol. The summed E-state index contributed by atoms with van der Waals surface area (Å²) in [6.45, 7) is 5.23. The van der Waals surface area contributed by atoms with Crippen molar-refractivity contribution < 1.29 is 4.74 Å². The standard InChI is InChI=1S/C13H20N2O/c1-13(16-2)6-7-15(10-13)9-11-4-3-5-12(14)8-11/h3-5,8H,6-7,9-10,14H2,1-2H3. The second-order valence-electron chi connectivity index (χ2n) is 4.86. The molecule has 1 aromatic rings. The molecule has 0 aromatic heterocycles. The van der Waals surface area contributed by atoms with E-state index in [1.54, 1.807) is 7.11 Å². The number of anilines is 1. The van der Waals surface area contributed by atoms with Crippen LogP contribution in [0, 0.1) is 0 Å². The zero-order valence-corrected chi connectivity index (χ0v) is 10.1. The van der Waals surface area contributed by atoms with Crippen molar-refractivity contribution in [3.63, 3.8) is 0 Å². The van der Waals surface area contributed by atoms with Crippen LogP contribution in [0.5, 0.6) is 0 Å². The highest BCUT2D eigenvalue weighted by molar-refractivity contribution is 5.40. The molecule has 16 heavy (non-hydrogen) atoms. The van der Waals surface area contributed by atoms with Gasteiger partial charge in [0.15, 0.2) is 0 Å². The van der Waals surface area contributed by atoms with E-state index in [4.69, 9.17) is 10.5 Å². The molecule has 0 radical (unpaired) electrons. The van der Waals surface area contributed by atoms with Crippen LogP contribution in [0.25, 0.3) is 0 Å². The third-order valence-electron chi connectivity index (χ3n) is 3.36. The second-order valence-corrected chi connectivity index (χ2v) is 4.86. The Morgan fingerprint density at radius 2 is 2.31 bits per heavy atom. The highest BCUT2D eigenvalue weighted by atomic mass is 16.5. The maximum Gasteiger partial charge on any atom is 0.0789 e. The average Bonchev–Trinajstić information content (AvgIpc) is 2.61. The first-order valence-electron chi connectivity index (χ1n) is 5.73. The first-order valence-corrected chi connectivity index (χ1v) is 5.73. The number of hydrogen-bond donors (Lipinski definition) is 1. The minimum absolute atomic E-state index is 0.0281. The molecule has 88 valence electrons. The molecule has 0 bridgehead atoms. The minimum Gasteiger partial charge on any atom is -0.399 e. The van der Waals surface area contributed by atoms with Gasteiger partial charge in [0, 0.05) is 32.4 Å². The van der Waals surface area contributed by atoms with E-state index in [9.17, 15) is 0 Å². The van der Waals surface area contributed by atoms with Crippen molar-refractivity contribution in [1.29, 1.82) is 0 Å². The van der Waals surface area contributed by atoms with Gasteiger partial charge in [-0.3, -0.25) is 4.90 Å². The Hall–Kier alpha value is -1.06. The molecule has 1 unspecified atom stereocenters. The van der Waals surface area contributed by atoms with Crippen LogP contribution in [-0.4, -0.2) is 30.7 Å². The summed E-state index contributed by atoms with van der Waals surface area (Å²) >= 11 is 0. The van der Waals surface area contributed by atoms with Gasteiger partial charge >= 0.3 is 0 Å². The lowest BCUT2D eigenvalue weighted by Crippen LogP contribution is -2.31. The number of ether oxygens (including phenoxy) is 1. The number of likely N-dealkylation sites (tertiary alicyclic amines) is 1. The fourth-order valence-corrected chi connectivity index (χ4v) is 2.28. The molecule has 1 aliphatic heterocycles. The zero-order chi connectivity index (χ0) is 11.6. The third kappa shape index (κ3) is 2.54. The number of rotatable bonds is 3. The van der Waals surface area contributed by atoms with E-state index in [0.29, 0.717) is 0 Å². The van der Waals surface area contributed by atoms with Gasteiger partial charge in [-0.05, 0) is 31.0 Å². The van der Waals surface area contributed by atoms with Crippen LogP contribution in [0.4, 0.5) is 5.69 Å². The maximum absolute atomic E-state index is 5.77. The number of methoxy groups -OCH3 is 1. The smallest absolute Gasteiger partial charge is 0.0789 e. The Kier molecular flexibility index (Phi) is 3.17. The van der Waals surface area contributed by atoms with Gasteiger partial charge in [0.05, 0.1) is 5.60 Å². The Morgan fingerprint density at radius 1 is 1.50 bits per heavy atom. The predicted molar refractivity (Wildman–Crippen MR) is 66.2 cm³/mol. The van der Waals surface area contributed by atoms with Gasteiger partial charge < -0.3 is 10.5 Å². The number of nitrogen functional groups attached to an aromatic ring is 1. The highest BCUT2D eigenvalue weighted by Gasteiger charge is 2.33. The fraction of sp³-hybridized carbons (Fsp3) is 0.538. The van der Waals surface area contributed by atoms with Gasteiger partial charge in [-0.2, -0.15) is 0 Å². The van der Waals surface area contributed by atoms with E-state index in [2.05, 4.69) is 17.9 Å². The molecule has 1 saturated heterocycles. The van der Waals surface area contributed by atoms with E-state index in [0.717, 1.165) is 31.7 Å². The van der Waals surface area contributed by atoms with Crippen LogP contribution in [0.1, 0.15) is 18.9 Å². The van der Waals surface area contributed by atoms with E-state index >= 15 is 0 Å². The lowest BCUT2D eigenvalue weighted by molar-refractivity contribution is 0.0143. The number of hydrogen-bond acceptors (Lipinski definition) is 3. The van der Waals surface area contributed by atoms with Gasteiger partial charge in [0.25, 0.3) is 0 Å². The molecule has 1 fully saturated rings. The van der Waals surface area contributed by atoms with Crippen LogP contribution in [0.15, 0.2) is 24.3 Å². The molecule has 1 aliphatic rings. The van der Waals surface area contributed by atoms with Crippen molar-refractivity contribution in [2.75, 3.05) is 25.9 Å². The second kappa shape index (κ2) is 4.44. The van der Waals surface area contributed by atoms with Gasteiger partial charge in [-0.15, -0.1) is 0 Å². The molecule has 0 amide bonds. The summed E-state index contributed by atoms with van der Waals surface area (Å²) in [5.74, 6) is 0. The number of benzene rings is 1. The molecule has 3 nitrogen and oxygen atoms in total. The largest absolute Gasteiger partial charge is 0.399 e. The highest BCUT2D eigenvalue weighted by Crippen LogP contribution is 2.25. The van der Waals surface area contributed by atoms with E-state index in [1.165, 1.54) is 5.56 Å². The van der Waals surface area contributed by atoms with Crippen molar-refractivity contribution in [3.8, 4) is 0 Å². The Morgan fingerprint density at radius 3 is 2.94 bits per heavy atom. The molecule has 0 aliphatic carbocycles. The van der Waals surface area contributed by atoms with Gasteiger partial charge in [-0.25, -0.2) is 0 Å². The summed E-state index contributed by atoms with van der Waals surface area (Å²) in [4.78, 5) is 2.41. The molecular weight excluding hydrogens is 200 g/mol. The van der Waals surface area contributed by atoms with Crippen molar-refractivity contribution >= 4 is 5.69 Å².